The van der Waals surface area contributed by atoms with E-state index in [0.717, 1.165) is 4.90 Å². The number of esters is 1. The molecular weight excluding hydrogens is 300 g/mol. The van der Waals surface area contributed by atoms with Crippen LogP contribution in [0.3, 0.4) is 0 Å². The summed E-state index contributed by atoms with van der Waals surface area (Å²) in [4.78, 5) is 51.7. The number of imide groups is 1. The minimum absolute atomic E-state index is 0.122. The highest BCUT2D eigenvalue weighted by Gasteiger charge is 2.48. The Morgan fingerprint density at radius 1 is 0.957 bits per heavy atom. The van der Waals surface area contributed by atoms with Crippen LogP contribution in [0.25, 0.3) is 0 Å². The molecule has 0 saturated carbocycles. The van der Waals surface area contributed by atoms with Gasteiger partial charge >= 0.3 is 5.97 Å². The van der Waals surface area contributed by atoms with Crippen molar-refractivity contribution in [2.24, 2.45) is 0 Å². The fourth-order valence-corrected chi connectivity index (χ4v) is 3.46. The molecule has 1 aromatic carbocycles. The van der Waals surface area contributed by atoms with Crippen LogP contribution in [0, 0.1) is 0 Å². The first-order valence-corrected chi connectivity index (χ1v) is 7.55. The van der Waals surface area contributed by atoms with Gasteiger partial charge in [-0.3, -0.25) is 29.0 Å². The molecule has 1 aromatic rings. The third-order valence-corrected chi connectivity index (χ3v) is 4.55. The molecule has 118 valence electrons. The van der Waals surface area contributed by atoms with Crippen LogP contribution in [0.1, 0.15) is 40.0 Å². The Hall–Kier alpha value is -2.70. The van der Waals surface area contributed by atoms with Crippen molar-refractivity contribution in [1.29, 1.82) is 0 Å². The van der Waals surface area contributed by atoms with Crippen LogP contribution in [0.15, 0.2) is 24.3 Å². The number of hydrogen-bond donors (Lipinski definition) is 0. The lowest BCUT2D eigenvalue weighted by molar-refractivity contribution is -0.143. The minimum atomic E-state index is -0.873. The molecule has 0 bridgehead atoms. The topological polar surface area (TPSA) is 84.0 Å². The average Bonchev–Trinajstić information content (AvgIpc) is 2.99. The van der Waals surface area contributed by atoms with Crippen molar-refractivity contribution < 1.29 is 23.9 Å². The number of carbonyl (C=O) groups excluding carboxylic acids is 4. The third kappa shape index (κ3) is 1.96. The number of rotatable bonds is 1. The van der Waals surface area contributed by atoms with E-state index in [2.05, 4.69) is 0 Å². The summed E-state index contributed by atoms with van der Waals surface area (Å²) in [5, 5.41) is 0. The number of benzene rings is 1. The first-order valence-electron chi connectivity index (χ1n) is 7.55. The monoisotopic (exact) mass is 314 g/mol. The second-order valence-corrected chi connectivity index (χ2v) is 5.88. The largest absolute Gasteiger partial charge is 0.440 e. The van der Waals surface area contributed by atoms with Crippen LogP contribution in [-0.4, -0.2) is 52.3 Å². The van der Waals surface area contributed by atoms with E-state index in [1.165, 1.54) is 4.90 Å². The number of fused-ring (bicyclic) bond motifs is 2. The SMILES string of the molecule is O=C1CN2C(=O)[C@@H](N3C(=O)c4ccccc4C3=O)CCCC2O1. The fourth-order valence-electron chi connectivity index (χ4n) is 3.46. The summed E-state index contributed by atoms with van der Waals surface area (Å²) in [5.74, 6) is -1.75. The van der Waals surface area contributed by atoms with Crippen LogP contribution in [-0.2, 0) is 14.3 Å². The molecule has 23 heavy (non-hydrogen) atoms. The Morgan fingerprint density at radius 3 is 2.26 bits per heavy atom. The maximum Gasteiger partial charge on any atom is 0.327 e. The normalized spacial score (nSPS) is 27.0. The van der Waals surface area contributed by atoms with Gasteiger partial charge in [0.2, 0.25) is 5.91 Å². The van der Waals surface area contributed by atoms with Gasteiger partial charge in [-0.15, -0.1) is 0 Å². The van der Waals surface area contributed by atoms with Crippen molar-refractivity contribution >= 4 is 23.7 Å². The smallest absolute Gasteiger partial charge is 0.327 e. The molecule has 0 N–H and O–H groups in total. The molecular formula is C16H14N2O5. The molecule has 3 amide bonds. The summed E-state index contributed by atoms with van der Waals surface area (Å²) in [6, 6.07) is 5.67. The van der Waals surface area contributed by atoms with Gasteiger partial charge in [-0.2, -0.15) is 0 Å². The predicted octanol–water partition coefficient (Wildman–Crippen LogP) is 0.547. The Kier molecular flexibility index (Phi) is 2.97. The van der Waals surface area contributed by atoms with Gasteiger partial charge in [0.25, 0.3) is 11.8 Å². The first-order chi connectivity index (χ1) is 11.1. The number of ether oxygens (including phenoxy) is 1. The zero-order valence-electron chi connectivity index (χ0n) is 12.2. The molecule has 3 aliphatic heterocycles. The van der Waals surface area contributed by atoms with Crippen molar-refractivity contribution in [3.8, 4) is 0 Å². The Labute approximate surface area is 131 Å². The summed E-state index contributed by atoms with van der Waals surface area (Å²) in [5.41, 5.74) is 0.639. The summed E-state index contributed by atoms with van der Waals surface area (Å²) >= 11 is 0. The predicted molar refractivity (Wildman–Crippen MR) is 76.2 cm³/mol. The van der Waals surface area contributed by atoms with E-state index in [-0.39, 0.29) is 6.54 Å². The summed E-state index contributed by atoms with van der Waals surface area (Å²) in [6.45, 7) is -0.122. The summed E-state index contributed by atoms with van der Waals surface area (Å²) < 4.78 is 5.12. The molecule has 0 spiro atoms. The molecule has 4 rings (SSSR count). The Morgan fingerprint density at radius 2 is 1.61 bits per heavy atom. The molecule has 0 aromatic heterocycles. The van der Waals surface area contributed by atoms with Gasteiger partial charge in [-0.05, 0) is 25.0 Å². The van der Waals surface area contributed by atoms with E-state index in [1.54, 1.807) is 24.3 Å². The highest BCUT2D eigenvalue weighted by atomic mass is 16.6. The van der Waals surface area contributed by atoms with Gasteiger partial charge in [0.05, 0.1) is 11.1 Å². The zero-order valence-corrected chi connectivity index (χ0v) is 12.2. The van der Waals surface area contributed by atoms with Crippen molar-refractivity contribution in [2.45, 2.75) is 31.5 Å². The lowest BCUT2D eigenvalue weighted by atomic mass is 10.1. The average molecular weight is 314 g/mol. The van der Waals surface area contributed by atoms with Gasteiger partial charge in [0.1, 0.15) is 12.6 Å². The maximum absolute atomic E-state index is 12.7. The second kappa shape index (κ2) is 4.91. The molecule has 2 saturated heterocycles. The quantitative estimate of drug-likeness (QED) is 0.558. The maximum atomic E-state index is 12.7. The van der Waals surface area contributed by atoms with E-state index >= 15 is 0 Å². The Balaban J connectivity index is 1.68. The van der Waals surface area contributed by atoms with Crippen LogP contribution in [0.2, 0.25) is 0 Å². The van der Waals surface area contributed by atoms with Crippen LogP contribution in [0.5, 0.6) is 0 Å². The van der Waals surface area contributed by atoms with Gasteiger partial charge in [0.15, 0.2) is 6.23 Å². The van der Waals surface area contributed by atoms with Crippen molar-refractivity contribution in [1.82, 2.24) is 9.80 Å². The molecule has 0 aliphatic carbocycles. The number of amides is 3. The van der Waals surface area contributed by atoms with Crippen molar-refractivity contribution in [2.75, 3.05) is 6.54 Å². The number of carbonyl (C=O) groups is 4. The van der Waals surface area contributed by atoms with Crippen LogP contribution >= 0.6 is 0 Å². The van der Waals surface area contributed by atoms with E-state index in [4.69, 9.17) is 4.74 Å². The van der Waals surface area contributed by atoms with E-state index in [0.29, 0.717) is 30.4 Å². The van der Waals surface area contributed by atoms with E-state index in [9.17, 15) is 19.2 Å². The van der Waals surface area contributed by atoms with Crippen molar-refractivity contribution in [3.63, 3.8) is 0 Å². The molecule has 0 radical (unpaired) electrons. The van der Waals surface area contributed by atoms with Crippen LogP contribution < -0.4 is 0 Å². The summed E-state index contributed by atoms with van der Waals surface area (Å²) in [6.07, 6.45) is 0.930. The first kappa shape index (κ1) is 13.9. The van der Waals surface area contributed by atoms with Gasteiger partial charge in [-0.1, -0.05) is 12.1 Å². The molecule has 7 nitrogen and oxygen atoms in total. The van der Waals surface area contributed by atoms with Crippen molar-refractivity contribution in [3.05, 3.63) is 35.4 Å². The lowest BCUT2D eigenvalue weighted by Gasteiger charge is -2.27. The van der Waals surface area contributed by atoms with Crippen LogP contribution in [0.4, 0.5) is 0 Å². The summed E-state index contributed by atoms with van der Waals surface area (Å²) in [7, 11) is 0. The molecule has 2 atom stereocenters. The number of hydrogen-bond acceptors (Lipinski definition) is 5. The second-order valence-electron chi connectivity index (χ2n) is 5.88. The van der Waals surface area contributed by atoms with E-state index < -0.39 is 36.0 Å². The lowest BCUT2D eigenvalue weighted by Crippen LogP contribution is -2.50. The number of nitrogens with zero attached hydrogens (tertiary/aromatic N) is 2. The zero-order chi connectivity index (χ0) is 16.1. The van der Waals surface area contributed by atoms with Gasteiger partial charge < -0.3 is 4.74 Å². The molecule has 1 unspecified atom stereocenters. The standard InChI is InChI=1S/C16H14N2O5/c19-13-8-17-12(23-13)7-3-6-11(16(17)22)18-14(20)9-4-1-2-5-10(9)15(18)21/h1-2,4-5,11-12H,3,6-8H2/t11-,12?/m0/s1. The minimum Gasteiger partial charge on any atom is -0.440 e. The highest BCUT2D eigenvalue weighted by Crippen LogP contribution is 2.31. The Bertz CT molecular complexity index is 709. The molecule has 3 heterocycles. The molecule has 2 fully saturated rings. The third-order valence-electron chi connectivity index (χ3n) is 4.55. The van der Waals surface area contributed by atoms with Gasteiger partial charge in [-0.25, -0.2) is 0 Å². The molecule has 3 aliphatic rings. The highest BCUT2D eigenvalue weighted by molar-refractivity contribution is 6.22. The fraction of sp³-hybridized carbons (Fsp3) is 0.375. The molecule has 7 heteroatoms. The van der Waals surface area contributed by atoms with Gasteiger partial charge in [0, 0.05) is 6.42 Å². The van der Waals surface area contributed by atoms with E-state index in [1.807, 2.05) is 0 Å².